The quantitative estimate of drug-likeness (QED) is 0.238. The fourth-order valence-corrected chi connectivity index (χ4v) is 5.38. The third kappa shape index (κ3) is 7.55. The number of nitrogens with zero attached hydrogens (tertiary/aromatic N) is 3. The molecule has 0 unspecified atom stereocenters. The van der Waals surface area contributed by atoms with Crippen molar-refractivity contribution in [2.45, 2.75) is 51.7 Å². The number of hydrogen-bond acceptors (Lipinski definition) is 6. The second-order valence-corrected chi connectivity index (χ2v) is 12.1. The summed E-state index contributed by atoms with van der Waals surface area (Å²) >= 11 is 0. The fraction of sp³-hybridized carbons (Fsp3) is 0.323. The van der Waals surface area contributed by atoms with Crippen molar-refractivity contribution >= 4 is 32.7 Å². The first-order chi connectivity index (χ1) is 20.2. The number of carbonyl (C=O) groups excluding carboxylic acids is 1. The molecule has 2 heterocycles. The lowest BCUT2D eigenvalue weighted by Gasteiger charge is -2.22. The van der Waals surface area contributed by atoms with Gasteiger partial charge < -0.3 is 10.4 Å². The molecule has 1 amide bonds. The van der Waals surface area contributed by atoms with E-state index >= 15 is 0 Å². The average molecular weight is 610 g/mol. The van der Waals surface area contributed by atoms with E-state index in [9.17, 15) is 27.1 Å². The number of aromatic nitrogens is 3. The van der Waals surface area contributed by atoms with Gasteiger partial charge in [-0.15, -0.1) is 0 Å². The van der Waals surface area contributed by atoms with E-state index in [-0.39, 0.29) is 12.2 Å². The third-order valence-electron chi connectivity index (χ3n) is 7.02. The summed E-state index contributed by atoms with van der Waals surface area (Å²) in [5, 5.41) is 18.5. The number of anilines is 1. The summed E-state index contributed by atoms with van der Waals surface area (Å²) in [4.78, 5) is 17.2. The number of rotatable bonds is 9. The molecule has 9 nitrogen and oxygen atoms in total. The lowest BCUT2D eigenvalue weighted by atomic mass is 9.93. The number of para-hydroxylation sites is 1. The molecular weight excluding hydrogens is 576 g/mol. The Bertz CT molecular complexity index is 1840. The number of aryl methyl sites for hydroxylation is 1. The molecule has 226 valence electrons. The van der Waals surface area contributed by atoms with Crippen LogP contribution in [0.5, 0.6) is 0 Å². The van der Waals surface area contributed by atoms with E-state index in [0.29, 0.717) is 51.8 Å². The monoisotopic (exact) mass is 609 g/mol. The zero-order valence-electron chi connectivity index (χ0n) is 24.5. The molecule has 0 radical (unpaired) electrons. The van der Waals surface area contributed by atoms with Crippen LogP contribution < -0.4 is 10.0 Å². The number of nitrogens with one attached hydrogen (secondary N) is 2. The smallest absolute Gasteiger partial charge is 0.231 e. The first kappa shape index (κ1) is 31.6. The molecule has 0 saturated carbocycles. The Morgan fingerprint density at radius 2 is 1.77 bits per heavy atom. The minimum Gasteiger partial charge on any atom is -0.378 e. The highest BCUT2D eigenvalue weighted by Crippen LogP contribution is 2.36. The van der Waals surface area contributed by atoms with E-state index in [2.05, 4.69) is 27.0 Å². The topological polar surface area (TPSA) is 126 Å². The van der Waals surface area contributed by atoms with Gasteiger partial charge in [-0.3, -0.25) is 14.2 Å². The number of hydrogen-bond donors (Lipinski definition) is 3. The van der Waals surface area contributed by atoms with E-state index in [1.165, 1.54) is 23.7 Å². The Hall–Kier alpha value is -4.34. The third-order valence-corrected chi connectivity index (χ3v) is 7.59. The van der Waals surface area contributed by atoms with Gasteiger partial charge in [0.05, 0.1) is 23.5 Å². The number of benzene rings is 2. The molecule has 2 aromatic carbocycles. The lowest BCUT2D eigenvalue weighted by molar-refractivity contribution is -0.119. The minimum absolute atomic E-state index is 0.00124. The molecule has 0 aliphatic rings. The Labute approximate surface area is 249 Å². The number of aliphatic hydroxyl groups is 1. The number of fused-ring (bicyclic) bond motifs is 1. The molecule has 0 bridgehead atoms. The van der Waals surface area contributed by atoms with Gasteiger partial charge in [0.1, 0.15) is 22.9 Å². The van der Waals surface area contributed by atoms with Crippen LogP contribution in [0.4, 0.5) is 14.6 Å². The summed E-state index contributed by atoms with van der Waals surface area (Å²) in [5.41, 5.74) is 1.52. The van der Waals surface area contributed by atoms with Crippen LogP contribution in [0.1, 0.15) is 56.6 Å². The average Bonchev–Trinajstić information content (AvgIpc) is 3.24. The predicted molar refractivity (Wildman–Crippen MR) is 161 cm³/mol. The van der Waals surface area contributed by atoms with Gasteiger partial charge in [-0.2, -0.15) is 5.10 Å². The summed E-state index contributed by atoms with van der Waals surface area (Å²) < 4.78 is 56.2. The van der Waals surface area contributed by atoms with Crippen LogP contribution in [0.3, 0.4) is 0 Å². The molecule has 0 aliphatic heterocycles. The zero-order valence-corrected chi connectivity index (χ0v) is 25.3. The molecule has 0 aliphatic carbocycles. The molecule has 4 aromatic rings. The van der Waals surface area contributed by atoms with Gasteiger partial charge in [-0.05, 0) is 61.1 Å². The maximum Gasteiger partial charge on any atom is 0.231 e. The Kier molecular flexibility index (Phi) is 9.18. The highest BCUT2D eigenvalue weighted by molar-refractivity contribution is 7.92. The standard InChI is InChI=1S/C31H33F2N5O4S/c1-6-31(40,7-2)14-13-23-11-12-24(25-9-8-10-26-29(25)38(4)36-30(26)37-43(5,41)42)28(35-23)27(34-19(3)39)17-20-15-21(32)18-22(33)16-20/h8-12,15-16,18,27,40H,6-7,17H2,1-5H3,(H,34,39)(H,36,37)/t27-/m0/s1. The SMILES string of the molecule is CCC(O)(C#Cc1ccc(-c2cccc3c(NS(C)(=O)=O)nn(C)c23)c([C@H](Cc2cc(F)cc(F)c2)NC(C)=O)n1)CC. The van der Waals surface area contributed by atoms with Crippen LogP contribution >= 0.6 is 0 Å². The summed E-state index contributed by atoms with van der Waals surface area (Å²) in [7, 11) is -1.95. The van der Waals surface area contributed by atoms with Crippen molar-refractivity contribution in [3.63, 3.8) is 0 Å². The van der Waals surface area contributed by atoms with Gasteiger partial charge >= 0.3 is 0 Å². The van der Waals surface area contributed by atoms with Crippen LogP contribution in [0.2, 0.25) is 0 Å². The summed E-state index contributed by atoms with van der Waals surface area (Å²) in [6.45, 7) is 4.98. The van der Waals surface area contributed by atoms with Gasteiger partial charge in [0.25, 0.3) is 0 Å². The van der Waals surface area contributed by atoms with Gasteiger partial charge in [0.2, 0.25) is 15.9 Å². The van der Waals surface area contributed by atoms with Gasteiger partial charge in [0.15, 0.2) is 5.82 Å². The van der Waals surface area contributed by atoms with Crippen molar-refractivity contribution < 1.29 is 27.1 Å². The Morgan fingerprint density at radius 1 is 1.09 bits per heavy atom. The molecule has 2 aromatic heterocycles. The number of amides is 1. The maximum atomic E-state index is 14.1. The highest BCUT2D eigenvalue weighted by Gasteiger charge is 2.24. The minimum atomic E-state index is -3.62. The first-order valence-corrected chi connectivity index (χ1v) is 15.5. The molecule has 0 saturated heterocycles. The number of pyridine rings is 1. The number of halogens is 2. The predicted octanol–water partition coefficient (Wildman–Crippen LogP) is 4.61. The number of sulfonamides is 1. The second-order valence-electron chi connectivity index (χ2n) is 10.4. The summed E-state index contributed by atoms with van der Waals surface area (Å²) in [6.07, 6.45) is 1.85. The van der Waals surface area contributed by atoms with Crippen LogP contribution in [0.15, 0.2) is 48.5 Å². The summed E-state index contributed by atoms with van der Waals surface area (Å²) in [5.74, 6) is 4.06. The van der Waals surface area contributed by atoms with Crippen molar-refractivity contribution in [1.29, 1.82) is 0 Å². The van der Waals surface area contributed by atoms with Crippen molar-refractivity contribution in [3.05, 3.63) is 77.1 Å². The van der Waals surface area contributed by atoms with E-state index in [0.717, 1.165) is 12.3 Å². The molecule has 4 rings (SSSR count). The normalized spacial score (nSPS) is 12.5. The Morgan fingerprint density at radius 3 is 2.37 bits per heavy atom. The second kappa shape index (κ2) is 12.5. The number of carbonyl (C=O) groups is 1. The van der Waals surface area contributed by atoms with Crippen LogP contribution in [-0.2, 0) is 28.3 Å². The van der Waals surface area contributed by atoms with Gasteiger partial charge in [-0.1, -0.05) is 31.9 Å². The largest absolute Gasteiger partial charge is 0.378 e. The van der Waals surface area contributed by atoms with E-state index in [1.807, 2.05) is 13.8 Å². The molecule has 0 fully saturated rings. The van der Waals surface area contributed by atoms with E-state index in [1.54, 1.807) is 37.4 Å². The fourth-order valence-electron chi connectivity index (χ4n) is 4.88. The first-order valence-electron chi connectivity index (χ1n) is 13.6. The maximum absolute atomic E-state index is 14.1. The van der Waals surface area contributed by atoms with Crippen LogP contribution in [0, 0.1) is 23.5 Å². The van der Waals surface area contributed by atoms with E-state index in [4.69, 9.17) is 4.98 Å². The molecular formula is C31H33F2N5O4S. The highest BCUT2D eigenvalue weighted by atomic mass is 32.2. The summed E-state index contributed by atoms with van der Waals surface area (Å²) in [6, 6.07) is 11.0. The van der Waals surface area contributed by atoms with Gasteiger partial charge in [0, 0.05) is 36.6 Å². The van der Waals surface area contributed by atoms with Crippen molar-refractivity contribution in [2.75, 3.05) is 11.0 Å². The zero-order chi connectivity index (χ0) is 31.5. The molecule has 12 heteroatoms. The molecule has 1 atom stereocenters. The Balaban J connectivity index is 1.97. The van der Waals surface area contributed by atoms with Crippen LogP contribution in [0.25, 0.3) is 22.0 Å². The lowest BCUT2D eigenvalue weighted by Crippen LogP contribution is -2.29. The van der Waals surface area contributed by atoms with Crippen molar-refractivity contribution in [2.24, 2.45) is 7.05 Å². The molecule has 43 heavy (non-hydrogen) atoms. The molecule has 0 spiro atoms. The van der Waals surface area contributed by atoms with Gasteiger partial charge in [-0.25, -0.2) is 22.2 Å². The van der Waals surface area contributed by atoms with E-state index < -0.39 is 39.2 Å². The van der Waals surface area contributed by atoms with Crippen molar-refractivity contribution in [3.8, 4) is 23.0 Å². The van der Waals surface area contributed by atoms with Crippen molar-refractivity contribution in [1.82, 2.24) is 20.1 Å². The van der Waals surface area contributed by atoms with Crippen LogP contribution in [-0.4, -0.2) is 46.1 Å². The molecule has 3 N–H and O–H groups in total.